The molecule has 0 aliphatic carbocycles. The Balaban J connectivity index is 3.95. The van der Waals surface area contributed by atoms with Gasteiger partial charge in [0.1, 0.15) is 6.04 Å². The fourth-order valence-electron chi connectivity index (χ4n) is 1.46. The third-order valence-corrected chi connectivity index (χ3v) is 2.02. The van der Waals surface area contributed by atoms with Crippen LogP contribution in [0.1, 0.15) is 40.0 Å². The van der Waals surface area contributed by atoms with Gasteiger partial charge < -0.3 is 10.8 Å². The highest BCUT2D eigenvalue weighted by atomic mass is 16.4. The first-order valence-electron chi connectivity index (χ1n) is 4.37. The van der Waals surface area contributed by atoms with E-state index in [1.807, 2.05) is 0 Å². The molecule has 12 heavy (non-hydrogen) atoms. The van der Waals surface area contributed by atoms with Crippen LogP contribution in [-0.4, -0.2) is 17.1 Å². The Morgan fingerprint density at radius 3 is 2.42 bits per heavy atom. The van der Waals surface area contributed by atoms with Crippen LogP contribution in [0.3, 0.4) is 0 Å². The van der Waals surface area contributed by atoms with E-state index >= 15 is 0 Å². The van der Waals surface area contributed by atoms with Crippen LogP contribution in [0.5, 0.6) is 0 Å². The van der Waals surface area contributed by atoms with Gasteiger partial charge in [0, 0.05) is 0 Å². The maximum absolute atomic E-state index is 10.5. The van der Waals surface area contributed by atoms with E-state index in [4.69, 9.17) is 10.8 Å². The normalized spacial score (nSPS) is 14.3. The van der Waals surface area contributed by atoms with E-state index in [0.717, 1.165) is 12.8 Å². The molecule has 1 atom stereocenters. The van der Waals surface area contributed by atoms with Crippen LogP contribution in [0.2, 0.25) is 0 Å². The van der Waals surface area contributed by atoms with Crippen molar-refractivity contribution in [3.8, 4) is 0 Å². The number of aliphatic carboxylic acids is 1. The number of rotatable bonds is 5. The van der Waals surface area contributed by atoms with Gasteiger partial charge in [0.25, 0.3) is 0 Å². The van der Waals surface area contributed by atoms with Gasteiger partial charge in [-0.3, -0.25) is 4.79 Å². The molecule has 0 aliphatic heterocycles. The molecule has 0 saturated heterocycles. The van der Waals surface area contributed by atoms with Crippen LogP contribution in [-0.2, 0) is 4.79 Å². The highest BCUT2D eigenvalue weighted by Gasteiger charge is 2.23. The smallest absolute Gasteiger partial charge is 0.320 e. The van der Waals surface area contributed by atoms with Crippen LogP contribution >= 0.6 is 0 Å². The van der Waals surface area contributed by atoms with Gasteiger partial charge in [-0.1, -0.05) is 27.2 Å². The van der Waals surface area contributed by atoms with Crippen LogP contribution < -0.4 is 5.73 Å². The Labute approximate surface area is 74.0 Å². The molecule has 0 saturated carbocycles. The summed E-state index contributed by atoms with van der Waals surface area (Å²) in [6.45, 7) is 6.20. The maximum Gasteiger partial charge on any atom is 0.320 e. The van der Waals surface area contributed by atoms with Gasteiger partial charge in [-0.2, -0.15) is 0 Å². The van der Waals surface area contributed by atoms with Crippen molar-refractivity contribution >= 4 is 5.97 Å². The number of hydrogen-bond acceptors (Lipinski definition) is 2. The second-order valence-corrected chi connectivity index (χ2v) is 4.06. The minimum atomic E-state index is -0.904. The van der Waals surface area contributed by atoms with Crippen molar-refractivity contribution in [1.82, 2.24) is 0 Å². The first-order valence-corrected chi connectivity index (χ1v) is 4.37. The lowest BCUT2D eigenvalue weighted by Crippen LogP contribution is -2.35. The molecule has 0 aromatic rings. The fraction of sp³-hybridized carbons (Fsp3) is 0.889. The van der Waals surface area contributed by atoms with Crippen molar-refractivity contribution in [1.29, 1.82) is 0 Å². The number of hydrogen-bond donors (Lipinski definition) is 2. The maximum atomic E-state index is 10.5. The second-order valence-electron chi connectivity index (χ2n) is 4.06. The minimum Gasteiger partial charge on any atom is -0.480 e. The van der Waals surface area contributed by atoms with Crippen molar-refractivity contribution in [2.75, 3.05) is 0 Å². The lowest BCUT2D eigenvalue weighted by molar-refractivity contribution is -0.139. The van der Waals surface area contributed by atoms with Gasteiger partial charge in [0.15, 0.2) is 0 Å². The van der Waals surface area contributed by atoms with E-state index in [1.165, 1.54) is 0 Å². The van der Waals surface area contributed by atoms with Gasteiger partial charge in [-0.15, -0.1) is 0 Å². The standard InChI is InChI=1S/C9H19NO2/c1-4-5-9(2,3)6-7(10)8(11)12/h7H,4-6,10H2,1-3H3,(H,11,12)/t7-/m1/s1. The summed E-state index contributed by atoms with van der Waals surface area (Å²) in [4.78, 5) is 10.5. The van der Waals surface area contributed by atoms with Gasteiger partial charge >= 0.3 is 5.97 Å². The molecule has 0 unspecified atom stereocenters. The summed E-state index contributed by atoms with van der Waals surface area (Å²) in [6, 6.07) is -0.716. The van der Waals surface area contributed by atoms with Gasteiger partial charge in [0.05, 0.1) is 0 Å². The zero-order valence-electron chi connectivity index (χ0n) is 8.13. The van der Waals surface area contributed by atoms with E-state index in [2.05, 4.69) is 20.8 Å². The highest BCUT2D eigenvalue weighted by Crippen LogP contribution is 2.27. The quantitative estimate of drug-likeness (QED) is 0.664. The summed E-state index contributed by atoms with van der Waals surface area (Å²) in [5, 5.41) is 8.59. The number of carbonyl (C=O) groups is 1. The zero-order chi connectivity index (χ0) is 9.78. The van der Waals surface area contributed by atoms with Crippen LogP contribution in [0.15, 0.2) is 0 Å². The minimum absolute atomic E-state index is 0.0482. The Hall–Kier alpha value is -0.570. The Bertz CT molecular complexity index is 155. The summed E-state index contributed by atoms with van der Waals surface area (Å²) in [5.74, 6) is -0.904. The Kier molecular flexibility index (Phi) is 4.24. The lowest BCUT2D eigenvalue weighted by atomic mass is 9.82. The largest absolute Gasteiger partial charge is 0.480 e. The first-order chi connectivity index (χ1) is 5.39. The number of carboxylic acid groups (broad SMARTS) is 1. The summed E-state index contributed by atoms with van der Waals surface area (Å²) >= 11 is 0. The number of carboxylic acids is 1. The van der Waals surface area contributed by atoms with Crippen molar-refractivity contribution < 1.29 is 9.90 Å². The number of nitrogens with two attached hydrogens (primary N) is 1. The van der Waals surface area contributed by atoms with E-state index in [1.54, 1.807) is 0 Å². The van der Waals surface area contributed by atoms with Crippen LogP contribution in [0, 0.1) is 5.41 Å². The molecule has 0 fully saturated rings. The summed E-state index contributed by atoms with van der Waals surface area (Å²) in [5.41, 5.74) is 5.48. The molecule has 3 heteroatoms. The van der Waals surface area contributed by atoms with Crippen molar-refractivity contribution in [3.05, 3.63) is 0 Å². The molecule has 0 rings (SSSR count). The lowest BCUT2D eigenvalue weighted by Gasteiger charge is -2.25. The molecule has 0 aliphatic rings. The third kappa shape index (κ3) is 4.34. The van der Waals surface area contributed by atoms with Crippen LogP contribution in [0.4, 0.5) is 0 Å². The van der Waals surface area contributed by atoms with Crippen LogP contribution in [0.25, 0.3) is 0 Å². The van der Waals surface area contributed by atoms with Crippen molar-refractivity contribution in [3.63, 3.8) is 0 Å². The molecule has 3 N–H and O–H groups in total. The molecule has 0 amide bonds. The third-order valence-electron chi connectivity index (χ3n) is 2.02. The average molecular weight is 173 g/mol. The molecule has 0 heterocycles. The topological polar surface area (TPSA) is 63.3 Å². The van der Waals surface area contributed by atoms with Gasteiger partial charge in [-0.05, 0) is 18.3 Å². The monoisotopic (exact) mass is 173 g/mol. The molecule has 0 aromatic heterocycles. The molecule has 3 nitrogen and oxygen atoms in total. The van der Waals surface area contributed by atoms with Gasteiger partial charge in [-0.25, -0.2) is 0 Å². The predicted octanol–water partition coefficient (Wildman–Crippen LogP) is 1.61. The SMILES string of the molecule is CCCC(C)(C)C[C@@H](N)C(=O)O. The second kappa shape index (κ2) is 4.45. The average Bonchev–Trinajstić information content (AvgIpc) is 1.85. The summed E-state index contributed by atoms with van der Waals surface area (Å²) in [6.07, 6.45) is 2.64. The van der Waals surface area contributed by atoms with E-state index < -0.39 is 12.0 Å². The molecular formula is C9H19NO2. The molecule has 72 valence electrons. The van der Waals surface area contributed by atoms with E-state index in [0.29, 0.717) is 6.42 Å². The van der Waals surface area contributed by atoms with Crippen molar-refractivity contribution in [2.45, 2.75) is 46.1 Å². The van der Waals surface area contributed by atoms with E-state index in [-0.39, 0.29) is 5.41 Å². The fourth-order valence-corrected chi connectivity index (χ4v) is 1.46. The molecule has 0 radical (unpaired) electrons. The summed E-state index contributed by atoms with van der Waals surface area (Å²) in [7, 11) is 0. The summed E-state index contributed by atoms with van der Waals surface area (Å²) < 4.78 is 0. The Morgan fingerprint density at radius 1 is 1.58 bits per heavy atom. The molecule has 0 aromatic carbocycles. The van der Waals surface area contributed by atoms with E-state index in [9.17, 15) is 4.79 Å². The van der Waals surface area contributed by atoms with Crippen molar-refractivity contribution in [2.24, 2.45) is 11.1 Å². The first kappa shape index (κ1) is 11.4. The van der Waals surface area contributed by atoms with Gasteiger partial charge in [0.2, 0.25) is 0 Å². The molecule has 0 bridgehead atoms. The highest BCUT2D eigenvalue weighted by molar-refractivity contribution is 5.73. The zero-order valence-corrected chi connectivity index (χ0v) is 8.13. The molecular weight excluding hydrogens is 154 g/mol. The Morgan fingerprint density at radius 2 is 2.08 bits per heavy atom. The molecule has 0 spiro atoms. The predicted molar refractivity (Wildman–Crippen MR) is 48.9 cm³/mol.